The van der Waals surface area contributed by atoms with Crippen LogP contribution in [0.5, 0.6) is 0 Å². The molecule has 2 aliphatic heterocycles. The molecule has 0 unspecified atom stereocenters. The lowest BCUT2D eigenvalue weighted by Gasteiger charge is -2.59. The van der Waals surface area contributed by atoms with Gasteiger partial charge in [-0.1, -0.05) is 23.8 Å². The lowest BCUT2D eigenvalue weighted by Crippen LogP contribution is -2.69. The largest absolute Gasteiger partial charge is 0.380 e. The zero-order valence-corrected chi connectivity index (χ0v) is 11.2. The van der Waals surface area contributed by atoms with Crippen molar-refractivity contribution in [1.82, 2.24) is 0 Å². The molecule has 2 N–H and O–H groups in total. The first kappa shape index (κ1) is 12.2. The van der Waals surface area contributed by atoms with E-state index in [0.29, 0.717) is 6.54 Å². The Kier molecular flexibility index (Phi) is 2.73. The maximum absolute atomic E-state index is 6.05. The zero-order chi connectivity index (χ0) is 12.8. The fourth-order valence-corrected chi connectivity index (χ4v) is 3.34. The minimum Gasteiger partial charge on any atom is -0.380 e. The summed E-state index contributed by atoms with van der Waals surface area (Å²) in [6.45, 7) is 8.07. The van der Waals surface area contributed by atoms with Gasteiger partial charge in [0.1, 0.15) is 0 Å². The predicted octanol–water partition coefficient (Wildman–Crippen LogP) is 1.55. The molecule has 2 fully saturated rings. The molecule has 0 atom stereocenters. The van der Waals surface area contributed by atoms with E-state index in [1.54, 1.807) is 0 Å². The van der Waals surface area contributed by atoms with Crippen molar-refractivity contribution in [2.45, 2.75) is 19.3 Å². The third-order valence-corrected chi connectivity index (χ3v) is 4.76. The van der Waals surface area contributed by atoms with Crippen molar-refractivity contribution in [3.05, 3.63) is 34.9 Å². The average Bonchev–Trinajstić information content (AvgIpc) is 2.22. The molecule has 0 bridgehead atoms. The Morgan fingerprint density at radius 1 is 1.11 bits per heavy atom. The molecule has 0 amide bonds. The van der Waals surface area contributed by atoms with Crippen molar-refractivity contribution in [1.29, 1.82) is 0 Å². The van der Waals surface area contributed by atoms with E-state index >= 15 is 0 Å². The second kappa shape index (κ2) is 4.05. The van der Waals surface area contributed by atoms with Gasteiger partial charge in [-0.05, 0) is 25.0 Å². The van der Waals surface area contributed by atoms with E-state index in [1.807, 2.05) is 0 Å². The maximum Gasteiger partial charge on any atom is 0.0593 e. The highest BCUT2D eigenvalue weighted by atomic mass is 16.5. The minimum atomic E-state index is 0.0672. The summed E-state index contributed by atoms with van der Waals surface area (Å²) in [5.41, 5.74) is 10.2. The molecule has 0 saturated carbocycles. The molecule has 2 saturated heterocycles. The van der Waals surface area contributed by atoms with Gasteiger partial charge in [0.15, 0.2) is 0 Å². The van der Waals surface area contributed by atoms with Gasteiger partial charge in [-0.15, -0.1) is 0 Å². The Bertz CT molecular complexity index is 456. The van der Waals surface area contributed by atoms with E-state index in [2.05, 4.69) is 32.0 Å². The van der Waals surface area contributed by atoms with E-state index in [9.17, 15) is 0 Å². The Balaban J connectivity index is 2.06. The highest BCUT2D eigenvalue weighted by Crippen LogP contribution is 2.52. The monoisotopic (exact) mass is 247 g/mol. The smallest absolute Gasteiger partial charge is 0.0593 e. The fraction of sp³-hybridized carbons (Fsp3) is 0.600. The van der Waals surface area contributed by atoms with Crippen LogP contribution in [0, 0.1) is 19.3 Å². The first-order chi connectivity index (χ1) is 8.63. The van der Waals surface area contributed by atoms with Crippen LogP contribution in [0.1, 0.15) is 16.7 Å². The summed E-state index contributed by atoms with van der Waals surface area (Å²) in [7, 11) is 0. The normalized spacial score (nSPS) is 24.2. The zero-order valence-electron chi connectivity index (χ0n) is 11.2. The Morgan fingerprint density at radius 2 is 1.78 bits per heavy atom. The van der Waals surface area contributed by atoms with Crippen LogP contribution in [-0.4, -0.2) is 33.0 Å². The van der Waals surface area contributed by atoms with Gasteiger partial charge in [0.05, 0.1) is 31.8 Å². The highest BCUT2D eigenvalue weighted by molar-refractivity contribution is 5.41. The van der Waals surface area contributed by atoms with Crippen molar-refractivity contribution >= 4 is 0 Å². The molecule has 3 rings (SSSR count). The van der Waals surface area contributed by atoms with Crippen molar-refractivity contribution in [3.8, 4) is 0 Å². The summed E-state index contributed by atoms with van der Waals surface area (Å²) in [5.74, 6) is 0. The summed E-state index contributed by atoms with van der Waals surface area (Å²) in [6.07, 6.45) is 0. The third kappa shape index (κ3) is 1.41. The van der Waals surface area contributed by atoms with Crippen LogP contribution in [0.15, 0.2) is 18.2 Å². The molecule has 0 aliphatic carbocycles. The molecular weight excluding hydrogens is 226 g/mol. The summed E-state index contributed by atoms with van der Waals surface area (Å²) >= 11 is 0. The number of rotatable bonds is 3. The predicted molar refractivity (Wildman–Crippen MR) is 70.7 cm³/mol. The molecule has 3 nitrogen and oxygen atoms in total. The van der Waals surface area contributed by atoms with E-state index in [4.69, 9.17) is 15.2 Å². The quantitative estimate of drug-likeness (QED) is 0.881. The second-order valence-corrected chi connectivity index (χ2v) is 5.87. The van der Waals surface area contributed by atoms with Gasteiger partial charge in [0.2, 0.25) is 0 Å². The molecule has 1 aromatic rings. The van der Waals surface area contributed by atoms with E-state index in [-0.39, 0.29) is 10.8 Å². The van der Waals surface area contributed by atoms with Crippen LogP contribution in [0.25, 0.3) is 0 Å². The Hall–Kier alpha value is -0.900. The Labute approximate surface area is 108 Å². The number of hydrogen-bond donors (Lipinski definition) is 1. The van der Waals surface area contributed by atoms with E-state index in [1.165, 1.54) is 16.7 Å². The van der Waals surface area contributed by atoms with Crippen LogP contribution in [-0.2, 0) is 14.9 Å². The summed E-state index contributed by atoms with van der Waals surface area (Å²) in [6, 6.07) is 6.69. The van der Waals surface area contributed by atoms with Crippen molar-refractivity contribution < 1.29 is 9.47 Å². The highest BCUT2D eigenvalue weighted by Gasteiger charge is 2.60. The lowest BCUT2D eigenvalue weighted by atomic mass is 9.56. The van der Waals surface area contributed by atoms with Crippen LogP contribution < -0.4 is 5.73 Å². The van der Waals surface area contributed by atoms with Gasteiger partial charge in [0, 0.05) is 12.0 Å². The van der Waals surface area contributed by atoms with E-state index in [0.717, 1.165) is 26.4 Å². The number of nitrogens with two attached hydrogens (primary N) is 1. The van der Waals surface area contributed by atoms with E-state index < -0.39 is 0 Å². The van der Waals surface area contributed by atoms with Crippen molar-refractivity contribution in [2.24, 2.45) is 11.1 Å². The molecule has 3 heteroatoms. The van der Waals surface area contributed by atoms with Crippen LogP contribution >= 0.6 is 0 Å². The summed E-state index contributed by atoms with van der Waals surface area (Å²) < 4.78 is 11.0. The second-order valence-electron chi connectivity index (χ2n) is 5.87. The number of ether oxygens (including phenoxy) is 2. The van der Waals surface area contributed by atoms with Crippen LogP contribution in [0.4, 0.5) is 0 Å². The molecule has 0 radical (unpaired) electrons. The van der Waals surface area contributed by atoms with Gasteiger partial charge < -0.3 is 15.2 Å². The molecule has 18 heavy (non-hydrogen) atoms. The molecule has 98 valence electrons. The van der Waals surface area contributed by atoms with Gasteiger partial charge in [-0.2, -0.15) is 0 Å². The maximum atomic E-state index is 6.05. The number of aryl methyl sites for hydroxylation is 2. The summed E-state index contributed by atoms with van der Waals surface area (Å²) in [5, 5.41) is 0. The molecule has 0 spiro atoms. The van der Waals surface area contributed by atoms with Gasteiger partial charge >= 0.3 is 0 Å². The first-order valence-electron chi connectivity index (χ1n) is 6.57. The standard InChI is InChI=1S/C15H21NO2/c1-11-3-4-13(12(2)5-11)15(9-18-10-15)14(6-16)7-17-8-14/h3-5H,6-10,16H2,1-2H3. The molecular formula is C15H21NO2. The SMILES string of the molecule is Cc1ccc(C2(C3(CN)COC3)COC2)c(C)c1. The number of benzene rings is 1. The lowest BCUT2D eigenvalue weighted by molar-refractivity contribution is -0.224. The molecule has 2 heterocycles. The third-order valence-electron chi connectivity index (χ3n) is 4.76. The fourth-order valence-electron chi connectivity index (χ4n) is 3.34. The van der Waals surface area contributed by atoms with Gasteiger partial charge in [-0.25, -0.2) is 0 Å². The van der Waals surface area contributed by atoms with Crippen LogP contribution in [0.3, 0.4) is 0 Å². The average molecular weight is 247 g/mol. The number of hydrogen-bond acceptors (Lipinski definition) is 3. The topological polar surface area (TPSA) is 44.5 Å². The molecule has 2 aliphatic rings. The van der Waals surface area contributed by atoms with Crippen molar-refractivity contribution in [2.75, 3.05) is 33.0 Å². The molecule has 1 aromatic carbocycles. The Morgan fingerprint density at radius 3 is 2.17 bits per heavy atom. The first-order valence-corrected chi connectivity index (χ1v) is 6.57. The van der Waals surface area contributed by atoms with Gasteiger partial charge in [-0.3, -0.25) is 0 Å². The van der Waals surface area contributed by atoms with Gasteiger partial charge in [0.25, 0.3) is 0 Å². The summed E-state index contributed by atoms with van der Waals surface area (Å²) in [4.78, 5) is 0. The minimum absolute atomic E-state index is 0.0672. The van der Waals surface area contributed by atoms with Crippen LogP contribution in [0.2, 0.25) is 0 Å². The van der Waals surface area contributed by atoms with Crippen molar-refractivity contribution in [3.63, 3.8) is 0 Å². The molecule has 0 aromatic heterocycles.